The van der Waals surface area contributed by atoms with Crippen LogP contribution < -0.4 is 5.73 Å². The van der Waals surface area contributed by atoms with E-state index in [1.165, 1.54) is 0 Å². The van der Waals surface area contributed by atoms with E-state index < -0.39 is 12.0 Å². The van der Waals surface area contributed by atoms with Crippen molar-refractivity contribution in [3.05, 3.63) is 27.3 Å². The van der Waals surface area contributed by atoms with Crippen LogP contribution in [0, 0.1) is 3.57 Å². The van der Waals surface area contributed by atoms with Gasteiger partial charge in [0.15, 0.2) is 0 Å². The van der Waals surface area contributed by atoms with Crippen molar-refractivity contribution in [2.24, 2.45) is 5.73 Å². The molecule has 4 nitrogen and oxygen atoms in total. The Balaban J connectivity index is 2.82. The summed E-state index contributed by atoms with van der Waals surface area (Å²) in [7, 11) is 0. The van der Waals surface area contributed by atoms with Gasteiger partial charge in [-0.05, 0) is 40.3 Å². The minimum Gasteiger partial charge on any atom is -0.508 e. The Morgan fingerprint density at radius 3 is 2.71 bits per heavy atom. The van der Waals surface area contributed by atoms with Crippen LogP contribution in [0.3, 0.4) is 0 Å². The van der Waals surface area contributed by atoms with E-state index in [9.17, 15) is 9.90 Å². The molecule has 5 heteroatoms. The summed E-state index contributed by atoms with van der Waals surface area (Å²) in [5, 5.41) is 18.0. The molecule has 0 amide bonds. The predicted octanol–water partition coefficient (Wildman–Crippen LogP) is 0.951. The molecule has 4 N–H and O–H groups in total. The summed E-state index contributed by atoms with van der Waals surface area (Å²) >= 11 is 2.06. The van der Waals surface area contributed by atoms with E-state index >= 15 is 0 Å². The molecule has 0 radical (unpaired) electrons. The van der Waals surface area contributed by atoms with Crippen LogP contribution >= 0.6 is 22.6 Å². The average molecular weight is 307 g/mol. The molecular formula is C9H10INO3. The second kappa shape index (κ2) is 4.61. The first-order valence-electron chi connectivity index (χ1n) is 3.96. The maximum absolute atomic E-state index is 10.5. The van der Waals surface area contributed by atoms with Crippen molar-refractivity contribution in [3.63, 3.8) is 0 Å². The van der Waals surface area contributed by atoms with Crippen molar-refractivity contribution in [2.75, 3.05) is 0 Å². The van der Waals surface area contributed by atoms with E-state index in [2.05, 4.69) is 22.6 Å². The van der Waals surface area contributed by atoms with Gasteiger partial charge in [-0.3, -0.25) is 4.79 Å². The van der Waals surface area contributed by atoms with Crippen molar-refractivity contribution < 1.29 is 15.0 Å². The van der Waals surface area contributed by atoms with Gasteiger partial charge in [-0.15, -0.1) is 0 Å². The van der Waals surface area contributed by atoms with Gasteiger partial charge in [-0.25, -0.2) is 0 Å². The molecule has 0 aliphatic heterocycles. The second-order valence-electron chi connectivity index (χ2n) is 2.92. The first kappa shape index (κ1) is 11.3. The van der Waals surface area contributed by atoms with Gasteiger partial charge in [0.1, 0.15) is 11.8 Å². The van der Waals surface area contributed by atoms with Gasteiger partial charge in [0.2, 0.25) is 0 Å². The van der Waals surface area contributed by atoms with E-state index in [0.717, 1.165) is 3.57 Å². The first-order chi connectivity index (χ1) is 6.50. The number of carboxylic acid groups (broad SMARTS) is 1. The molecule has 0 aromatic heterocycles. The SMILES string of the molecule is N[C@@H](Cc1ccc(I)cc1O)C(=O)O. The number of phenolic OH excluding ortho intramolecular Hbond substituents is 1. The number of hydrogen-bond donors (Lipinski definition) is 3. The van der Waals surface area contributed by atoms with Crippen LogP contribution in [-0.4, -0.2) is 22.2 Å². The molecule has 1 atom stereocenters. The lowest BCUT2D eigenvalue weighted by molar-refractivity contribution is -0.138. The standard InChI is InChI=1S/C9H10INO3/c10-6-2-1-5(8(12)4-6)3-7(11)9(13)14/h1-2,4,7,12H,3,11H2,(H,13,14)/t7-/m0/s1. The third kappa shape index (κ3) is 2.85. The number of nitrogens with two attached hydrogens (primary N) is 1. The lowest BCUT2D eigenvalue weighted by Gasteiger charge is -2.08. The highest BCUT2D eigenvalue weighted by molar-refractivity contribution is 14.1. The molecule has 0 saturated heterocycles. The molecular weight excluding hydrogens is 297 g/mol. The van der Waals surface area contributed by atoms with Crippen LogP contribution in [0.5, 0.6) is 5.75 Å². The molecule has 0 bridgehead atoms. The Morgan fingerprint density at radius 1 is 1.57 bits per heavy atom. The minimum absolute atomic E-state index is 0.0913. The molecule has 1 aromatic carbocycles. The van der Waals surface area contributed by atoms with Gasteiger partial charge in [0.25, 0.3) is 0 Å². The molecule has 0 aliphatic rings. The quantitative estimate of drug-likeness (QED) is 0.726. The number of aromatic hydroxyl groups is 1. The Hall–Kier alpha value is -0.820. The fourth-order valence-electron chi connectivity index (χ4n) is 1.03. The summed E-state index contributed by atoms with van der Waals surface area (Å²) in [4.78, 5) is 10.5. The van der Waals surface area contributed by atoms with Gasteiger partial charge in [0, 0.05) is 9.99 Å². The van der Waals surface area contributed by atoms with Crippen molar-refractivity contribution in [3.8, 4) is 5.75 Å². The van der Waals surface area contributed by atoms with Gasteiger partial charge in [-0.2, -0.15) is 0 Å². The van der Waals surface area contributed by atoms with E-state index in [-0.39, 0.29) is 12.2 Å². The maximum Gasteiger partial charge on any atom is 0.320 e. The normalized spacial score (nSPS) is 12.4. The molecule has 0 saturated carbocycles. The molecule has 0 unspecified atom stereocenters. The zero-order valence-electron chi connectivity index (χ0n) is 7.27. The predicted molar refractivity (Wildman–Crippen MR) is 60.1 cm³/mol. The third-order valence-corrected chi connectivity index (χ3v) is 2.48. The number of rotatable bonds is 3. The lowest BCUT2D eigenvalue weighted by atomic mass is 10.1. The fraction of sp³-hybridized carbons (Fsp3) is 0.222. The maximum atomic E-state index is 10.5. The van der Waals surface area contributed by atoms with Crippen LogP contribution in [0.2, 0.25) is 0 Å². The number of aliphatic carboxylic acids is 1. The van der Waals surface area contributed by atoms with Crippen LogP contribution in [0.1, 0.15) is 5.56 Å². The van der Waals surface area contributed by atoms with Gasteiger partial charge < -0.3 is 15.9 Å². The van der Waals surface area contributed by atoms with E-state index in [1.807, 2.05) is 0 Å². The Bertz CT molecular complexity index is 354. The van der Waals surface area contributed by atoms with Crippen LogP contribution in [0.25, 0.3) is 0 Å². The summed E-state index contributed by atoms with van der Waals surface area (Å²) in [5.74, 6) is -0.975. The zero-order chi connectivity index (χ0) is 10.7. The largest absolute Gasteiger partial charge is 0.508 e. The Labute approximate surface area is 94.9 Å². The van der Waals surface area contributed by atoms with E-state index in [1.54, 1.807) is 18.2 Å². The lowest BCUT2D eigenvalue weighted by Crippen LogP contribution is -2.32. The average Bonchev–Trinajstić information content (AvgIpc) is 2.09. The van der Waals surface area contributed by atoms with Crippen LogP contribution in [0.15, 0.2) is 18.2 Å². The zero-order valence-corrected chi connectivity index (χ0v) is 9.43. The van der Waals surface area contributed by atoms with Gasteiger partial charge in [-0.1, -0.05) is 6.07 Å². The van der Waals surface area contributed by atoms with Crippen molar-refractivity contribution >= 4 is 28.6 Å². The number of benzene rings is 1. The molecule has 0 fully saturated rings. The number of phenols is 1. The summed E-state index contributed by atoms with van der Waals surface area (Å²) in [6.45, 7) is 0. The van der Waals surface area contributed by atoms with Crippen molar-refractivity contribution in [1.82, 2.24) is 0 Å². The number of carboxylic acids is 1. The molecule has 0 heterocycles. The van der Waals surface area contributed by atoms with Gasteiger partial charge in [0.05, 0.1) is 0 Å². The molecule has 0 aliphatic carbocycles. The monoisotopic (exact) mass is 307 g/mol. The summed E-state index contributed by atoms with van der Waals surface area (Å²) in [6.07, 6.45) is 0.137. The number of hydrogen-bond acceptors (Lipinski definition) is 3. The van der Waals surface area contributed by atoms with Crippen LogP contribution in [0.4, 0.5) is 0 Å². The summed E-state index contributed by atoms with van der Waals surface area (Å²) < 4.78 is 0.896. The smallest absolute Gasteiger partial charge is 0.320 e. The molecule has 14 heavy (non-hydrogen) atoms. The summed E-state index contributed by atoms with van der Waals surface area (Å²) in [6, 6.07) is 4.08. The molecule has 1 rings (SSSR count). The van der Waals surface area contributed by atoms with E-state index in [0.29, 0.717) is 5.56 Å². The van der Waals surface area contributed by atoms with Crippen molar-refractivity contribution in [1.29, 1.82) is 0 Å². The first-order valence-corrected chi connectivity index (χ1v) is 5.04. The van der Waals surface area contributed by atoms with E-state index in [4.69, 9.17) is 10.8 Å². The topological polar surface area (TPSA) is 83.5 Å². The van der Waals surface area contributed by atoms with Gasteiger partial charge >= 0.3 is 5.97 Å². The fourth-order valence-corrected chi connectivity index (χ4v) is 1.51. The Kier molecular flexibility index (Phi) is 3.70. The third-order valence-electron chi connectivity index (χ3n) is 1.80. The number of carbonyl (C=O) groups is 1. The molecule has 1 aromatic rings. The minimum atomic E-state index is -1.07. The van der Waals surface area contributed by atoms with Crippen LogP contribution in [-0.2, 0) is 11.2 Å². The van der Waals surface area contributed by atoms with Crippen molar-refractivity contribution in [2.45, 2.75) is 12.5 Å². The highest BCUT2D eigenvalue weighted by Crippen LogP contribution is 2.20. The highest BCUT2D eigenvalue weighted by Gasteiger charge is 2.14. The molecule has 76 valence electrons. The summed E-state index contributed by atoms with van der Waals surface area (Å²) in [5.41, 5.74) is 5.90. The second-order valence-corrected chi connectivity index (χ2v) is 4.17. The Morgan fingerprint density at radius 2 is 2.21 bits per heavy atom. The highest BCUT2D eigenvalue weighted by atomic mass is 127. The molecule has 0 spiro atoms. The number of halogens is 1.